The van der Waals surface area contributed by atoms with Crippen molar-refractivity contribution < 1.29 is 4.74 Å². The van der Waals surface area contributed by atoms with Gasteiger partial charge in [0, 0.05) is 13.6 Å². The van der Waals surface area contributed by atoms with E-state index in [1.54, 1.807) is 0 Å². The van der Waals surface area contributed by atoms with Gasteiger partial charge in [-0.15, -0.1) is 0 Å². The Morgan fingerprint density at radius 2 is 2.45 bits per heavy atom. The molecule has 2 aliphatic heterocycles. The van der Waals surface area contributed by atoms with Gasteiger partial charge in [-0.1, -0.05) is 0 Å². The highest BCUT2D eigenvalue weighted by molar-refractivity contribution is 5.81. The molecule has 0 aromatic heterocycles. The van der Waals surface area contributed by atoms with Crippen molar-refractivity contribution in [1.82, 2.24) is 10.2 Å². The number of aliphatic imine (C=N–C) groups is 1. The summed E-state index contributed by atoms with van der Waals surface area (Å²) >= 11 is 0. The zero-order chi connectivity index (χ0) is 7.68. The number of nitrogens with one attached hydrogen (secondary N) is 1. The molecule has 0 aromatic carbocycles. The Kier molecular flexibility index (Phi) is 1.69. The molecule has 62 valence electrons. The van der Waals surface area contributed by atoms with Gasteiger partial charge in [0.05, 0.1) is 25.8 Å². The Morgan fingerprint density at radius 1 is 1.64 bits per heavy atom. The minimum atomic E-state index is 0.495. The maximum atomic E-state index is 5.04. The highest BCUT2D eigenvalue weighted by Crippen LogP contribution is 2.02. The first-order chi connectivity index (χ1) is 5.36. The smallest absolute Gasteiger partial charge is 0.194 e. The van der Waals surface area contributed by atoms with Gasteiger partial charge in [0.25, 0.3) is 0 Å². The maximum absolute atomic E-state index is 5.04. The third-order valence-electron chi connectivity index (χ3n) is 2.03. The van der Waals surface area contributed by atoms with E-state index in [2.05, 4.69) is 22.3 Å². The summed E-state index contributed by atoms with van der Waals surface area (Å²) in [6, 6.07) is 0.495. The lowest BCUT2D eigenvalue weighted by Gasteiger charge is -2.29. The van der Waals surface area contributed by atoms with Gasteiger partial charge in [0.2, 0.25) is 0 Å². The lowest BCUT2D eigenvalue weighted by Crippen LogP contribution is -2.51. The largest absolute Gasteiger partial charge is 0.377 e. The molecule has 1 fully saturated rings. The van der Waals surface area contributed by atoms with Crippen molar-refractivity contribution in [1.29, 1.82) is 0 Å². The molecule has 0 aromatic rings. The summed E-state index contributed by atoms with van der Waals surface area (Å²) in [5.74, 6) is 1.03. The Labute approximate surface area is 66.2 Å². The van der Waals surface area contributed by atoms with E-state index < -0.39 is 0 Å². The topological polar surface area (TPSA) is 36.9 Å². The zero-order valence-electron chi connectivity index (χ0n) is 6.71. The summed E-state index contributed by atoms with van der Waals surface area (Å²) in [7, 11) is 2.05. The first-order valence-corrected chi connectivity index (χ1v) is 3.96. The second-order valence-corrected chi connectivity index (χ2v) is 3.01. The van der Waals surface area contributed by atoms with E-state index in [4.69, 9.17) is 4.74 Å². The molecular formula is C7H13N3O. The predicted octanol–water partition coefficient (Wildman–Crippen LogP) is -0.724. The standard InChI is InChI=1S/C7H13N3O/c1-10-3-2-8-7(10)9-6-4-11-5-6/h6H,2-5H2,1H3,(H,8,9). The molecular weight excluding hydrogens is 142 g/mol. The minimum absolute atomic E-state index is 0.495. The number of guanidine groups is 1. The fourth-order valence-corrected chi connectivity index (χ4v) is 1.19. The van der Waals surface area contributed by atoms with E-state index >= 15 is 0 Å². The van der Waals surface area contributed by atoms with Gasteiger partial charge in [-0.2, -0.15) is 0 Å². The number of hydrogen-bond acceptors (Lipinski definition) is 4. The summed E-state index contributed by atoms with van der Waals surface area (Å²) in [5.41, 5.74) is 0. The first-order valence-electron chi connectivity index (χ1n) is 3.96. The number of nitrogens with zero attached hydrogens (tertiary/aromatic N) is 2. The van der Waals surface area contributed by atoms with Crippen LogP contribution in [0.1, 0.15) is 0 Å². The molecule has 0 radical (unpaired) electrons. The molecule has 2 rings (SSSR count). The molecule has 4 heteroatoms. The van der Waals surface area contributed by atoms with Crippen LogP contribution < -0.4 is 5.32 Å². The van der Waals surface area contributed by atoms with Gasteiger partial charge in [-0.25, -0.2) is 0 Å². The number of ether oxygens (including phenoxy) is 1. The molecule has 2 heterocycles. The fraction of sp³-hybridized carbons (Fsp3) is 0.857. The molecule has 0 spiro atoms. The minimum Gasteiger partial charge on any atom is -0.377 e. The number of rotatable bonds is 1. The normalized spacial score (nSPS) is 24.8. The fourth-order valence-electron chi connectivity index (χ4n) is 1.19. The van der Waals surface area contributed by atoms with Crippen molar-refractivity contribution >= 4 is 5.96 Å². The van der Waals surface area contributed by atoms with Crippen LogP contribution in [-0.4, -0.2) is 50.3 Å². The van der Waals surface area contributed by atoms with E-state index in [0.717, 1.165) is 32.3 Å². The third-order valence-corrected chi connectivity index (χ3v) is 2.03. The van der Waals surface area contributed by atoms with E-state index in [1.807, 2.05) is 0 Å². The highest BCUT2D eigenvalue weighted by Gasteiger charge is 2.22. The summed E-state index contributed by atoms with van der Waals surface area (Å²) in [5, 5.41) is 3.32. The SMILES string of the molecule is CN1CCN=C1NC1COC1. The summed E-state index contributed by atoms with van der Waals surface area (Å²) in [4.78, 5) is 6.45. The Bertz CT molecular complexity index is 177. The van der Waals surface area contributed by atoms with Crippen molar-refractivity contribution in [2.45, 2.75) is 6.04 Å². The molecule has 0 amide bonds. The van der Waals surface area contributed by atoms with E-state index in [0.29, 0.717) is 6.04 Å². The summed E-state index contributed by atoms with van der Waals surface area (Å²) in [6.07, 6.45) is 0. The first kappa shape index (κ1) is 6.91. The van der Waals surface area contributed by atoms with Crippen LogP contribution in [0.2, 0.25) is 0 Å². The Balaban J connectivity index is 1.84. The van der Waals surface area contributed by atoms with E-state index in [9.17, 15) is 0 Å². The molecule has 4 nitrogen and oxygen atoms in total. The lowest BCUT2D eigenvalue weighted by atomic mass is 10.3. The van der Waals surface area contributed by atoms with Gasteiger partial charge in [0.1, 0.15) is 0 Å². The molecule has 0 unspecified atom stereocenters. The van der Waals surface area contributed by atoms with Gasteiger partial charge < -0.3 is 15.0 Å². The Hall–Kier alpha value is -0.770. The van der Waals surface area contributed by atoms with Crippen LogP contribution in [-0.2, 0) is 4.74 Å². The van der Waals surface area contributed by atoms with Crippen LogP contribution in [0, 0.1) is 0 Å². The second-order valence-electron chi connectivity index (χ2n) is 3.01. The van der Waals surface area contributed by atoms with Crippen molar-refractivity contribution in [3.8, 4) is 0 Å². The van der Waals surface area contributed by atoms with Crippen LogP contribution in [0.4, 0.5) is 0 Å². The second kappa shape index (κ2) is 2.70. The van der Waals surface area contributed by atoms with E-state index in [-0.39, 0.29) is 0 Å². The maximum Gasteiger partial charge on any atom is 0.194 e. The quantitative estimate of drug-likeness (QED) is 0.543. The van der Waals surface area contributed by atoms with Gasteiger partial charge in [-0.05, 0) is 0 Å². The van der Waals surface area contributed by atoms with Gasteiger partial charge >= 0.3 is 0 Å². The third kappa shape index (κ3) is 1.30. The van der Waals surface area contributed by atoms with Crippen molar-refractivity contribution in [2.75, 3.05) is 33.4 Å². The van der Waals surface area contributed by atoms with Crippen molar-refractivity contribution in [2.24, 2.45) is 4.99 Å². The zero-order valence-corrected chi connectivity index (χ0v) is 6.71. The van der Waals surface area contributed by atoms with Crippen LogP contribution in [0.25, 0.3) is 0 Å². The molecule has 1 N–H and O–H groups in total. The monoisotopic (exact) mass is 155 g/mol. The molecule has 2 aliphatic rings. The van der Waals surface area contributed by atoms with Crippen molar-refractivity contribution in [3.63, 3.8) is 0 Å². The summed E-state index contributed by atoms with van der Waals surface area (Å²) in [6.45, 7) is 3.61. The predicted molar refractivity (Wildman–Crippen MR) is 42.7 cm³/mol. The average Bonchev–Trinajstić information content (AvgIpc) is 2.27. The highest BCUT2D eigenvalue weighted by atomic mass is 16.5. The van der Waals surface area contributed by atoms with Crippen LogP contribution >= 0.6 is 0 Å². The Morgan fingerprint density at radius 3 is 2.91 bits per heavy atom. The average molecular weight is 155 g/mol. The molecule has 0 bridgehead atoms. The van der Waals surface area contributed by atoms with Crippen LogP contribution in [0.3, 0.4) is 0 Å². The number of hydrogen-bond donors (Lipinski definition) is 1. The molecule has 11 heavy (non-hydrogen) atoms. The van der Waals surface area contributed by atoms with Gasteiger partial charge in [-0.3, -0.25) is 4.99 Å². The van der Waals surface area contributed by atoms with Gasteiger partial charge in [0.15, 0.2) is 5.96 Å². The molecule has 0 aliphatic carbocycles. The number of likely N-dealkylation sites (N-methyl/N-ethyl adjacent to an activating group) is 1. The van der Waals surface area contributed by atoms with Crippen LogP contribution in [0.15, 0.2) is 4.99 Å². The summed E-state index contributed by atoms with van der Waals surface area (Å²) < 4.78 is 5.04. The van der Waals surface area contributed by atoms with Crippen molar-refractivity contribution in [3.05, 3.63) is 0 Å². The lowest BCUT2D eigenvalue weighted by molar-refractivity contribution is 0.00223. The molecule has 0 atom stereocenters. The molecule has 1 saturated heterocycles. The van der Waals surface area contributed by atoms with E-state index in [1.165, 1.54) is 0 Å². The van der Waals surface area contributed by atoms with Crippen LogP contribution in [0.5, 0.6) is 0 Å². The molecule has 0 saturated carbocycles.